The van der Waals surface area contributed by atoms with Crippen LogP contribution in [0.2, 0.25) is 0 Å². The largest absolute Gasteiger partial charge is 0.464 e. The van der Waals surface area contributed by atoms with Crippen molar-refractivity contribution in [1.29, 1.82) is 0 Å². The first-order chi connectivity index (χ1) is 18.6. The number of aryl methyl sites for hydroxylation is 1. The predicted octanol–water partition coefficient (Wildman–Crippen LogP) is 6.69. The molecule has 0 bridgehead atoms. The highest BCUT2D eigenvalue weighted by Crippen LogP contribution is 2.35. The van der Waals surface area contributed by atoms with Crippen LogP contribution in [0, 0.1) is 12.8 Å². The van der Waals surface area contributed by atoms with Crippen molar-refractivity contribution in [3.8, 4) is 11.3 Å². The van der Waals surface area contributed by atoms with Gasteiger partial charge in [0.1, 0.15) is 5.58 Å². The summed E-state index contributed by atoms with van der Waals surface area (Å²) in [7, 11) is 0. The van der Waals surface area contributed by atoms with E-state index < -0.39 is 0 Å². The maximum absolute atomic E-state index is 12.8. The van der Waals surface area contributed by atoms with Crippen LogP contribution in [0.1, 0.15) is 72.5 Å². The molecular formula is C32H38N4O2. The van der Waals surface area contributed by atoms with Gasteiger partial charge in [-0.15, -0.1) is 0 Å². The fourth-order valence-electron chi connectivity index (χ4n) is 6.37. The van der Waals surface area contributed by atoms with Gasteiger partial charge >= 0.3 is 0 Å². The molecule has 3 heterocycles. The van der Waals surface area contributed by atoms with Crippen LogP contribution >= 0.6 is 0 Å². The number of piperidine rings is 1. The van der Waals surface area contributed by atoms with E-state index in [-0.39, 0.29) is 11.9 Å². The van der Waals surface area contributed by atoms with Gasteiger partial charge in [-0.05, 0) is 108 Å². The van der Waals surface area contributed by atoms with Crippen molar-refractivity contribution in [2.45, 2.75) is 63.8 Å². The predicted molar refractivity (Wildman–Crippen MR) is 151 cm³/mol. The summed E-state index contributed by atoms with van der Waals surface area (Å²) in [6.07, 6.45) is 10.3. The molecule has 1 aliphatic carbocycles. The molecule has 6 rings (SSSR count). The van der Waals surface area contributed by atoms with Crippen molar-refractivity contribution in [1.82, 2.24) is 20.4 Å². The summed E-state index contributed by atoms with van der Waals surface area (Å²) < 4.78 is 5.79. The summed E-state index contributed by atoms with van der Waals surface area (Å²) in [6, 6.07) is 18.5. The van der Waals surface area contributed by atoms with Crippen molar-refractivity contribution in [2.75, 3.05) is 19.6 Å². The first-order valence-corrected chi connectivity index (χ1v) is 14.2. The Balaban J connectivity index is 0.914. The summed E-state index contributed by atoms with van der Waals surface area (Å²) in [4.78, 5) is 15.5. The van der Waals surface area contributed by atoms with Crippen LogP contribution in [0.25, 0.3) is 22.2 Å². The summed E-state index contributed by atoms with van der Waals surface area (Å²) in [6.45, 7) is 5.53. The Morgan fingerprint density at radius 2 is 1.79 bits per heavy atom. The molecule has 0 unspecified atom stereocenters. The fourth-order valence-corrected chi connectivity index (χ4v) is 6.37. The van der Waals surface area contributed by atoms with Crippen molar-refractivity contribution < 1.29 is 9.21 Å². The van der Waals surface area contributed by atoms with E-state index in [0.29, 0.717) is 5.92 Å². The third-order valence-corrected chi connectivity index (χ3v) is 8.72. The molecule has 4 aromatic rings. The lowest BCUT2D eigenvalue weighted by molar-refractivity contribution is 0.0919. The SMILES string of the molecule is Cc1cc(-c2ccc(C(=O)NC3CCC(CCN4CCC(c5coc6ccccc56)CC4)CC3)cc2)n[nH]1. The van der Waals surface area contributed by atoms with Gasteiger partial charge in [0.25, 0.3) is 5.91 Å². The smallest absolute Gasteiger partial charge is 0.251 e. The Morgan fingerprint density at radius 3 is 2.53 bits per heavy atom. The number of benzene rings is 2. The number of nitrogens with zero attached hydrogens (tertiary/aromatic N) is 2. The van der Waals surface area contributed by atoms with Crippen molar-refractivity contribution in [2.24, 2.45) is 5.92 Å². The van der Waals surface area contributed by atoms with Crippen LogP contribution in [-0.4, -0.2) is 46.7 Å². The highest BCUT2D eigenvalue weighted by molar-refractivity contribution is 5.94. The molecule has 1 saturated heterocycles. The Hall–Kier alpha value is -3.38. The number of aromatic nitrogens is 2. The minimum absolute atomic E-state index is 0.0338. The second kappa shape index (κ2) is 11.2. The molecule has 0 atom stereocenters. The lowest BCUT2D eigenvalue weighted by Crippen LogP contribution is -2.38. The van der Waals surface area contributed by atoms with Gasteiger partial charge in [0.15, 0.2) is 0 Å². The number of hydrogen-bond acceptors (Lipinski definition) is 4. The van der Waals surface area contributed by atoms with E-state index in [4.69, 9.17) is 4.42 Å². The van der Waals surface area contributed by atoms with E-state index in [1.165, 1.54) is 62.7 Å². The van der Waals surface area contributed by atoms with Crippen LogP contribution < -0.4 is 5.32 Å². The van der Waals surface area contributed by atoms with Gasteiger partial charge in [-0.3, -0.25) is 9.89 Å². The van der Waals surface area contributed by atoms with Crippen molar-refractivity contribution in [3.63, 3.8) is 0 Å². The van der Waals surface area contributed by atoms with Gasteiger partial charge in [-0.25, -0.2) is 0 Å². The number of aromatic amines is 1. The lowest BCUT2D eigenvalue weighted by atomic mass is 9.83. The highest BCUT2D eigenvalue weighted by Gasteiger charge is 2.26. The minimum atomic E-state index is 0.0338. The number of para-hydroxylation sites is 1. The second-order valence-electron chi connectivity index (χ2n) is 11.3. The zero-order valence-corrected chi connectivity index (χ0v) is 22.3. The molecule has 1 aliphatic heterocycles. The van der Waals surface area contributed by atoms with Crippen LogP contribution in [0.15, 0.2) is 65.3 Å². The summed E-state index contributed by atoms with van der Waals surface area (Å²) in [5.41, 5.74) is 6.07. The van der Waals surface area contributed by atoms with Crippen LogP contribution in [0.5, 0.6) is 0 Å². The van der Waals surface area contributed by atoms with E-state index in [0.717, 1.165) is 46.9 Å². The van der Waals surface area contributed by atoms with E-state index in [1.54, 1.807) is 0 Å². The molecule has 1 saturated carbocycles. The quantitative estimate of drug-likeness (QED) is 0.290. The first kappa shape index (κ1) is 24.9. The van der Waals surface area contributed by atoms with Gasteiger partial charge in [-0.2, -0.15) is 5.10 Å². The number of amides is 1. The number of nitrogens with one attached hydrogen (secondary N) is 2. The number of hydrogen-bond donors (Lipinski definition) is 2. The van der Waals surface area contributed by atoms with E-state index >= 15 is 0 Å². The third-order valence-electron chi connectivity index (χ3n) is 8.72. The van der Waals surface area contributed by atoms with E-state index in [2.05, 4.69) is 38.6 Å². The Morgan fingerprint density at radius 1 is 1.03 bits per heavy atom. The number of H-pyrrole nitrogens is 1. The molecular weight excluding hydrogens is 472 g/mol. The maximum atomic E-state index is 12.8. The topological polar surface area (TPSA) is 74.2 Å². The molecule has 2 aromatic carbocycles. The zero-order valence-electron chi connectivity index (χ0n) is 22.3. The third kappa shape index (κ3) is 5.56. The average Bonchev–Trinajstić information content (AvgIpc) is 3.59. The van der Waals surface area contributed by atoms with E-state index in [1.807, 2.05) is 49.6 Å². The molecule has 2 N–H and O–H groups in total. The number of likely N-dealkylation sites (tertiary alicyclic amines) is 1. The Kier molecular flexibility index (Phi) is 7.32. The zero-order chi connectivity index (χ0) is 25.9. The number of carbonyl (C=O) groups is 1. The second-order valence-corrected chi connectivity index (χ2v) is 11.3. The Labute approximate surface area is 224 Å². The van der Waals surface area contributed by atoms with Crippen molar-refractivity contribution in [3.05, 3.63) is 77.7 Å². The molecule has 0 radical (unpaired) electrons. The average molecular weight is 511 g/mol. The number of furan rings is 1. The molecule has 2 aromatic heterocycles. The minimum Gasteiger partial charge on any atom is -0.464 e. The van der Waals surface area contributed by atoms with Gasteiger partial charge in [-0.1, -0.05) is 30.3 Å². The molecule has 2 fully saturated rings. The van der Waals surface area contributed by atoms with Gasteiger partial charge in [0, 0.05) is 33.8 Å². The monoisotopic (exact) mass is 510 g/mol. The molecule has 1 amide bonds. The van der Waals surface area contributed by atoms with Crippen molar-refractivity contribution >= 4 is 16.9 Å². The number of fused-ring (bicyclic) bond motifs is 1. The normalized spacial score (nSPS) is 21.1. The van der Waals surface area contributed by atoms with E-state index in [9.17, 15) is 4.79 Å². The molecule has 6 heteroatoms. The molecule has 38 heavy (non-hydrogen) atoms. The summed E-state index contributed by atoms with van der Waals surface area (Å²) >= 11 is 0. The van der Waals surface area contributed by atoms with Crippen LogP contribution in [0.3, 0.4) is 0 Å². The highest BCUT2D eigenvalue weighted by atomic mass is 16.3. The van der Waals surface area contributed by atoms with Crippen LogP contribution in [0.4, 0.5) is 0 Å². The first-order valence-electron chi connectivity index (χ1n) is 14.2. The van der Waals surface area contributed by atoms with Crippen LogP contribution in [-0.2, 0) is 0 Å². The summed E-state index contributed by atoms with van der Waals surface area (Å²) in [5, 5.41) is 11.8. The lowest BCUT2D eigenvalue weighted by Gasteiger charge is -2.34. The Bertz CT molecular complexity index is 1360. The fraction of sp³-hybridized carbons (Fsp3) is 0.438. The summed E-state index contributed by atoms with van der Waals surface area (Å²) in [5.74, 6) is 1.42. The number of carbonyl (C=O) groups excluding carboxylic acids is 1. The van der Waals surface area contributed by atoms with Gasteiger partial charge in [0.05, 0.1) is 12.0 Å². The molecule has 6 nitrogen and oxygen atoms in total. The number of rotatable bonds is 7. The van der Waals surface area contributed by atoms with Gasteiger partial charge in [0.2, 0.25) is 0 Å². The molecule has 0 spiro atoms. The maximum Gasteiger partial charge on any atom is 0.251 e. The standard InChI is InChI=1S/C32H38N4O2/c1-22-20-30(35-34-22)25-8-10-26(11-9-25)32(37)33-27-12-6-23(7-13-27)14-17-36-18-15-24(16-19-36)29-21-38-31-5-3-2-4-28(29)31/h2-5,8-11,20-21,23-24,27H,6-7,12-19H2,1H3,(H,33,37)(H,34,35). The van der Waals surface area contributed by atoms with Gasteiger partial charge < -0.3 is 14.6 Å². The molecule has 198 valence electrons. The molecule has 2 aliphatic rings.